The van der Waals surface area contributed by atoms with Crippen molar-refractivity contribution in [2.24, 2.45) is 0 Å². The summed E-state index contributed by atoms with van der Waals surface area (Å²) in [5.41, 5.74) is 2.48. The van der Waals surface area contributed by atoms with Crippen molar-refractivity contribution in [3.05, 3.63) is 53.9 Å². The second-order valence-corrected chi connectivity index (χ2v) is 6.93. The van der Waals surface area contributed by atoms with E-state index in [0.717, 1.165) is 6.42 Å². The van der Waals surface area contributed by atoms with E-state index in [-0.39, 0.29) is 18.2 Å². The van der Waals surface area contributed by atoms with E-state index in [1.165, 1.54) is 11.1 Å². The Kier molecular flexibility index (Phi) is 5.00. The zero-order chi connectivity index (χ0) is 18.6. The Morgan fingerprint density at radius 3 is 2.22 bits per heavy atom. The van der Waals surface area contributed by atoms with E-state index in [1.54, 1.807) is 28.3 Å². The van der Waals surface area contributed by atoms with Gasteiger partial charge < -0.3 is 14.7 Å². The Labute approximate surface area is 158 Å². The van der Waals surface area contributed by atoms with Crippen LogP contribution in [0.4, 0.5) is 5.95 Å². The molecule has 0 unspecified atom stereocenters. The zero-order valence-electron chi connectivity index (χ0n) is 15.3. The van der Waals surface area contributed by atoms with Gasteiger partial charge in [-0.15, -0.1) is 0 Å². The highest BCUT2D eigenvalue weighted by molar-refractivity contribution is 5.97. The topological polar surface area (TPSA) is 69.6 Å². The van der Waals surface area contributed by atoms with Crippen LogP contribution < -0.4 is 4.90 Å². The second kappa shape index (κ2) is 7.73. The van der Waals surface area contributed by atoms with Crippen LogP contribution in [0.3, 0.4) is 0 Å². The maximum Gasteiger partial charge on any atom is 0.232 e. The SMILES string of the molecule is O=C(CC(=O)N1CCc2ccccc2C1)N1CCN(c2ncccn2)CC1. The summed E-state index contributed by atoms with van der Waals surface area (Å²) in [6.07, 6.45) is 4.24. The Morgan fingerprint density at radius 2 is 1.48 bits per heavy atom. The van der Waals surface area contributed by atoms with Gasteiger partial charge in [-0.3, -0.25) is 9.59 Å². The minimum atomic E-state index is -0.0903. The lowest BCUT2D eigenvalue weighted by molar-refractivity contribution is -0.141. The molecule has 0 aliphatic carbocycles. The van der Waals surface area contributed by atoms with Gasteiger partial charge in [0.25, 0.3) is 0 Å². The molecule has 0 N–H and O–H groups in total. The first-order valence-corrected chi connectivity index (χ1v) is 9.35. The van der Waals surface area contributed by atoms with Crippen molar-refractivity contribution in [1.29, 1.82) is 0 Å². The number of benzene rings is 1. The maximum absolute atomic E-state index is 12.6. The molecule has 2 aliphatic rings. The molecular weight excluding hydrogens is 342 g/mol. The van der Waals surface area contributed by atoms with Crippen molar-refractivity contribution < 1.29 is 9.59 Å². The number of hydrogen-bond donors (Lipinski definition) is 0. The van der Waals surface area contributed by atoms with Crippen molar-refractivity contribution in [3.8, 4) is 0 Å². The van der Waals surface area contributed by atoms with Crippen molar-refractivity contribution >= 4 is 17.8 Å². The van der Waals surface area contributed by atoms with E-state index < -0.39 is 0 Å². The molecule has 0 bridgehead atoms. The molecule has 1 saturated heterocycles. The number of carbonyl (C=O) groups is 2. The molecule has 3 heterocycles. The number of aromatic nitrogens is 2. The first-order chi connectivity index (χ1) is 13.2. The standard InChI is InChI=1S/C20H23N5O2/c26-18(23-10-12-24(13-11-23)20-21-7-3-8-22-20)14-19(27)25-9-6-16-4-1-2-5-17(16)15-25/h1-5,7-8H,6,9-15H2. The van der Waals surface area contributed by atoms with Crippen LogP contribution in [0, 0.1) is 0 Å². The van der Waals surface area contributed by atoms with Crippen LogP contribution in [0.5, 0.6) is 0 Å². The summed E-state index contributed by atoms with van der Waals surface area (Å²) in [4.78, 5) is 39.3. The van der Waals surface area contributed by atoms with Gasteiger partial charge in [-0.1, -0.05) is 24.3 Å². The normalized spacial score (nSPS) is 16.8. The van der Waals surface area contributed by atoms with Crippen molar-refractivity contribution in [2.45, 2.75) is 19.4 Å². The van der Waals surface area contributed by atoms with Gasteiger partial charge in [-0.2, -0.15) is 0 Å². The summed E-state index contributed by atoms with van der Waals surface area (Å²) in [6.45, 7) is 3.83. The predicted molar refractivity (Wildman–Crippen MR) is 101 cm³/mol. The summed E-state index contributed by atoms with van der Waals surface area (Å²) < 4.78 is 0. The molecule has 1 aromatic heterocycles. The quantitative estimate of drug-likeness (QED) is 0.762. The molecule has 140 valence electrons. The second-order valence-electron chi connectivity index (χ2n) is 6.93. The third-order valence-corrected chi connectivity index (χ3v) is 5.25. The van der Waals surface area contributed by atoms with Crippen LogP contribution in [0.2, 0.25) is 0 Å². The largest absolute Gasteiger partial charge is 0.339 e. The monoisotopic (exact) mass is 365 g/mol. The van der Waals surface area contributed by atoms with Gasteiger partial charge in [0.05, 0.1) is 0 Å². The molecule has 2 aromatic rings. The van der Waals surface area contributed by atoms with Crippen LogP contribution in [-0.2, 0) is 22.6 Å². The fourth-order valence-corrected chi connectivity index (χ4v) is 3.67. The Bertz CT molecular complexity index is 818. The average Bonchev–Trinajstić information content (AvgIpc) is 2.74. The molecule has 7 nitrogen and oxygen atoms in total. The number of rotatable bonds is 3. The minimum absolute atomic E-state index is 0.0516. The maximum atomic E-state index is 12.6. The molecule has 0 saturated carbocycles. The van der Waals surface area contributed by atoms with Crippen LogP contribution in [-0.4, -0.2) is 64.3 Å². The van der Waals surface area contributed by atoms with Crippen molar-refractivity contribution in [1.82, 2.24) is 19.8 Å². The van der Waals surface area contributed by atoms with E-state index in [1.807, 2.05) is 12.1 Å². The number of nitrogens with zero attached hydrogens (tertiary/aromatic N) is 5. The fraction of sp³-hybridized carbons (Fsp3) is 0.400. The molecule has 2 amide bonds. The molecule has 0 spiro atoms. The summed E-state index contributed by atoms with van der Waals surface area (Å²) in [5, 5.41) is 0. The third-order valence-electron chi connectivity index (χ3n) is 5.25. The fourth-order valence-electron chi connectivity index (χ4n) is 3.67. The lowest BCUT2D eigenvalue weighted by Crippen LogP contribution is -2.50. The number of anilines is 1. The zero-order valence-corrected chi connectivity index (χ0v) is 15.3. The lowest BCUT2D eigenvalue weighted by atomic mass is 10.00. The number of hydrogen-bond acceptors (Lipinski definition) is 5. The van der Waals surface area contributed by atoms with Gasteiger partial charge in [0.1, 0.15) is 6.42 Å². The summed E-state index contributed by atoms with van der Waals surface area (Å²) in [5.74, 6) is 0.517. The van der Waals surface area contributed by atoms with E-state index in [4.69, 9.17) is 0 Å². The van der Waals surface area contributed by atoms with Crippen LogP contribution in [0.25, 0.3) is 0 Å². The van der Waals surface area contributed by atoms with Gasteiger partial charge in [-0.25, -0.2) is 9.97 Å². The molecule has 1 fully saturated rings. The predicted octanol–water partition coefficient (Wildman–Crippen LogP) is 1.10. The number of piperazine rings is 1. The van der Waals surface area contributed by atoms with Crippen LogP contribution in [0.15, 0.2) is 42.7 Å². The van der Waals surface area contributed by atoms with Gasteiger partial charge in [0.15, 0.2) is 0 Å². The van der Waals surface area contributed by atoms with E-state index in [2.05, 4.69) is 27.0 Å². The summed E-state index contributed by atoms with van der Waals surface area (Å²) >= 11 is 0. The minimum Gasteiger partial charge on any atom is -0.339 e. The Balaban J connectivity index is 1.29. The summed E-state index contributed by atoms with van der Waals surface area (Å²) in [6, 6.07) is 9.97. The van der Waals surface area contributed by atoms with Gasteiger partial charge in [0.2, 0.25) is 17.8 Å². The van der Waals surface area contributed by atoms with E-state index in [9.17, 15) is 9.59 Å². The molecule has 0 atom stereocenters. The average molecular weight is 365 g/mol. The highest BCUT2D eigenvalue weighted by atomic mass is 16.2. The smallest absolute Gasteiger partial charge is 0.232 e. The number of fused-ring (bicyclic) bond motifs is 1. The first kappa shape index (κ1) is 17.5. The lowest BCUT2D eigenvalue weighted by Gasteiger charge is -2.35. The van der Waals surface area contributed by atoms with Crippen LogP contribution in [0.1, 0.15) is 17.5 Å². The molecule has 7 heteroatoms. The van der Waals surface area contributed by atoms with Crippen molar-refractivity contribution in [3.63, 3.8) is 0 Å². The van der Waals surface area contributed by atoms with Gasteiger partial charge >= 0.3 is 0 Å². The molecule has 27 heavy (non-hydrogen) atoms. The molecular formula is C20H23N5O2. The summed E-state index contributed by atoms with van der Waals surface area (Å²) in [7, 11) is 0. The highest BCUT2D eigenvalue weighted by Crippen LogP contribution is 2.19. The Hall–Kier alpha value is -2.96. The molecule has 4 rings (SSSR count). The molecule has 2 aliphatic heterocycles. The van der Waals surface area contributed by atoms with Crippen molar-refractivity contribution in [2.75, 3.05) is 37.6 Å². The molecule has 1 aromatic carbocycles. The van der Waals surface area contributed by atoms with E-state index >= 15 is 0 Å². The molecule has 0 radical (unpaired) electrons. The van der Waals surface area contributed by atoms with Crippen LogP contribution >= 0.6 is 0 Å². The third kappa shape index (κ3) is 3.92. The number of amides is 2. The highest BCUT2D eigenvalue weighted by Gasteiger charge is 2.27. The van der Waals surface area contributed by atoms with Gasteiger partial charge in [0, 0.05) is 51.7 Å². The van der Waals surface area contributed by atoms with Gasteiger partial charge in [-0.05, 0) is 23.6 Å². The first-order valence-electron chi connectivity index (χ1n) is 9.35. The van der Waals surface area contributed by atoms with E-state index in [0.29, 0.717) is 45.2 Å². The number of carbonyl (C=O) groups excluding carboxylic acids is 2. The Morgan fingerprint density at radius 1 is 0.815 bits per heavy atom.